The lowest BCUT2D eigenvalue weighted by Gasteiger charge is -2.08. The van der Waals surface area contributed by atoms with Crippen LogP contribution >= 0.6 is 11.3 Å². The molecular formula is C20H19F2NO7S. The van der Waals surface area contributed by atoms with Gasteiger partial charge in [0.2, 0.25) is 0 Å². The molecule has 1 amide bonds. The number of carbonyl (C=O) groups excluding carboxylic acids is 4. The molecule has 1 aromatic carbocycles. The summed E-state index contributed by atoms with van der Waals surface area (Å²) in [7, 11) is 0. The molecule has 0 fully saturated rings. The molecule has 0 spiro atoms. The van der Waals surface area contributed by atoms with Gasteiger partial charge in [-0.2, -0.15) is 0 Å². The number of amides is 1. The highest BCUT2D eigenvalue weighted by Gasteiger charge is 2.27. The van der Waals surface area contributed by atoms with Crippen LogP contribution in [-0.2, 0) is 19.0 Å². The smallest absolute Gasteiger partial charge is 0.348 e. The van der Waals surface area contributed by atoms with Crippen LogP contribution in [-0.4, -0.2) is 43.6 Å². The molecule has 1 N–H and O–H groups in total. The van der Waals surface area contributed by atoms with Crippen LogP contribution in [0.3, 0.4) is 0 Å². The number of ether oxygens (including phenoxy) is 3. The van der Waals surface area contributed by atoms with E-state index in [0.717, 1.165) is 23.5 Å². The maximum Gasteiger partial charge on any atom is 0.348 e. The number of rotatable bonds is 8. The van der Waals surface area contributed by atoms with Gasteiger partial charge < -0.3 is 19.5 Å². The van der Waals surface area contributed by atoms with E-state index in [0.29, 0.717) is 6.07 Å². The number of hydrogen-bond donors (Lipinski definition) is 1. The standard InChI is InChI=1S/C20H19F2NO7S/c1-4-28-19(26)15-10(3)16(20(27)29-5-2)31-17(15)23-14(24)9-30-18(25)12-7-6-11(21)8-13(12)22/h6-8H,4-5,9H2,1-3H3,(H,23,24). The zero-order chi connectivity index (χ0) is 23.1. The van der Waals surface area contributed by atoms with Crippen LogP contribution in [0.15, 0.2) is 18.2 Å². The zero-order valence-electron chi connectivity index (χ0n) is 16.9. The third-order valence-corrected chi connectivity index (χ3v) is 5.01. The Morgan fingerprint density at radius 3 is 2.23 bits per heavy atom. The molecular weight excluding hydrogens is 436 g/mol. The summed E-state index contributed by atoms with van der Waals surface area (Å²) in [6.07, 6.45) is 0. The minimum absolute atomic E-state index is 0.00742. The average Bonchev–Trinajstić information content (AvgIpc) is 3.02. The van der Waals surface area contributed by atoms with Gasteiger partial charge in [0.25, 0.3) is 5.91 Å². The van der Waals surface area contributed by atoms with E-state index in [9.17, 15) is 28.0 Å². The number of thiophene rings is 1. The summed E-state index contributed by atoms with van der Waals surface area (Å²) in [6, 6.07) is 2.27. The van der Waals surface area contributed by atoms with Crippen molar-refractivity contribution < 1.29 is 42.2 Å². The second kappa shape index (κ2) is 10.6. The Morgan fingerprint density at radius 1 is 0.968 bits per heavy atom. The van der Waals surface area contributed by atoms with Gasteiger partial charge >= 0.3 is 17.9 Å². The molecule has 0 atom stereocenters. The van der Waals surface area contributed by atoms with Gasteiger partial charge in [-0.15, -0.1) is 11.3 Å². The molecule has 2 aromatic rings. The SMILES string of the molecule is CCOC(=O)c1sc(NC(=O)COC(=O)c2ccc(F)cc2F)c(C(=O)OCC)c1C. The molecule has 8 nitrogen and oxygen atoms in total. The highest BCUT2D eigenvalue weighted by Crippen LogP contribution is 2.34. The maximum atomic E-state index is 13.6. The Kier molecular flexibility index (Phi) is 8.20. The van der Waals surface area contributed by atoms with Gasteiger partial charge in [0, 0.05) is 6.07 Å². The van der Waals surface area contributed by atoms with Crippen LogP contribution in [0.5, 0.6) is 0 Å². The molecule has 1 aromatic heterocycles. The van der Waals surface area contributed by atoms with Gasteiger partial charge in [0.15, 0.2) is 6.61 Å². The van der Waals surface area contributed by atoms with Gasteiger partial charge in [0.1, 0.15) is 21.5 Å². The van der Waals surface area contributed by atoms with Crippen molar-refractivity contribution in [3.8, 4) is 0 Å². The molecule has 0 unspecified atom stereocenters. The van der Waals surface area contributed by atoms with Crippen molar-refractivity contribution in [1.82, 2.24) is 0 Å². The van der Waals surface area contributed by atoms with Crippen molar-refractivity contribution in [1.29, 1.82) is 0 Å². The summed E-state index contributed by atoms with van der Waals surface area (Å²) in [5.41, 5.74) is -0.306. The van der Waals surface area contributed by atoms with E-state index in [1.165, 1.54) is 6.92 Å². The van der Waals surface area contributed by atoms with Crippen molar-refractivity contribution in [3.05, 3.63) is 51.4 Å². The monoisotopic (exact) mass is 455 g/mol. The average molecular weight is 455 g/mol. The van der Waals surface area contributed by atoms with Gasteiger partial charge in [-0.3, -0.25) is 4.79 Å². The molecule has 0 saturated carbocycles. The van der Waals surface area contributed by atoms with Gasteiger partial charge in [-0.1, -0.05) is 0 Å². The molecule has 0 bridgehead atoms. The van der Waals surface area contributed by atoms with Crippen molar-refractivity contribution in [2.45, 2.75) is 20.8 Å². The fourth-order valence-electron chi connectivity index (χ4n) is 2.47. The first-order valence-corrected chi connectivity index (χ1v) is 9.90. The summed E-state index contributed by atoms with van der Waals surface area (Å²) in [4.78, 5) is 48.7. The van der Waals surface area contributed by atoms with Crippen molar-refractivity contribution in [2.75, 3.05) is 25.1 Å². The van der Waals surface area contributed by atoms with E-state index in [-0.39, 0.29) is 34.2 Å². The third-order valence-electron chi connectivity index (χ3n) is 3.83. The van der Waals surface area contributed by atoms with E-state index in [1.54, 1.807) is 13.8 Å². The van der Waals surface area contributed by atoms with Crippen LogP contribution in [0, 0.1) is 18.6 Å². The summed E-state index contributed by atoms with van der Waals surface area (Å²) in [5.74, 6) is -5.46. The second-order valence-electron chi connectivity index (χ2n) is 5.95. The quantitative estimate of drug-likeness (QED) is 0.480. The zero-order valence-corrected chi connectivity index (χ0v) is 17.7. The Morgan fingerprint density at radius 2 is 1.61 bits per heavy atom. The fraction of sp³-hybridized carbons (Fsp3) is 0.300. The van der Waals surface area contributed by atoms with E-state index in [1.807, 2.05) is 0 Å². The molecule has 0 aliphatic rings. The van der Waals surface area contributed by atoms with Crippen LogP contribution < -0.4 is 5.32 Å². The maximum absolute atomic E-state index is 13.6. The minimum Gasteiger partial charge on any atom is -0.462 e. The molecule has 31 heavy (non-hydrogen) atoms. The van der Waals surface area contributed by atoms with E-state index in [4.69, 9.17) is 14.2 Å². The van der Waals surface area contributed by atoms with Gasteiger partial charge in [0.05, 0.1) is 24.3 Å². The van der Waals surface area contributed by atoms with Crippen molar-refractivity contribution in [2.24, 2.45) is 0 Å². The lowest BCUT2D eigenvalue weighted by Crippen LogP contribution is -2.22. The Balaban J connectivity index is 2.17. The Hall–Kier alpha value is -3.34. The first-order valence-electron chi connectivity index (χ1n) is 9.09. The van der Waals surface area contributed by atoms with Gasteiger partial charge in [-0.25, -0.2) is 23.2 Å². The number of hydrogen-bond acceptors (Lipinski definition) is 8. The lowest BCUT2D eigenvalue weighted by atomic mass is 10.1. The second-order valence-corrected chi connectivity index (χ2v) is 6.97. The number of carbonyl (C=O) groups is 4. The molecule has 11 heteroatoms. The Bertz CT molecular complexity index is 1020. The molecule has 0 radical (unpaired) electrons. The predicted octanol–water partition coefficient (Wildman–Crippen LogP) is 3.48. The number of nitrogens with one attached hydrogen (secondary N) is 1. The first-order chi connectivity index (χ1) is 14.7. The number of halogens is 2. The first kappa shape index (κ1) is 23.9. The van der Waals surface area contributed by atoms with E-state index < -0.39 is 47.6 Å². The molecule has 0 aliphatic carbocycles. The van der Waals surface area contributed by atoms with Crippen LogP contribution in [0.1, 0.15) is 49.8 Å². The highest BCUT2D eigenvalue weighted by atomic mass is 32.1. The summed E-state index contributed by atoms with van der Waals surface area (Å²) in [5, 5.41) is 2.39. The summed E-state index contributed by atoms with van der Waals surface area (Å²) in [6.45, 7) is 4.08. The Labute approximate surface area is 180 Å². The number of esters is 3. The highest BCUT2D eigenvalue weighted by molar-refractivity contribution is 7.18. The van der Waals surface area contributed by atoms with Crippen LogP contribution in [0.25, 0.3) is 0 Å². The van der Waals surface area contributed by atoms with Crippen molar-refractivity contribution in [3.63, 3.8) is 0 Å². The summed E-state index contributed by atoms with van der Waals surface area (Å²) >= 11 is 0.802. The molecule has 2 rings (SSSR count). The van der Waals surface area contributed by atoms with E-state index >= 15 is 0 Å². The third kappa shape index (κ3) is 5.85. The topological polar surface area (TPSA) is 108 Å². The summed E-state index contributed by atoms with van der Waals surface area (Å²) < 4.78 is 41.2. The molecule has 1 heterocycles. The van der Waals surface area contributed by atoms with Crippen LogP contribution in [0.2, 0.25) is 0 Å². The van der Waals surface area contributed by atoms with Gasteiger partial charge in [-0.05, 0) is 38.5 Å². The predicted molar refractivity (Wildman–Crippen MR) is 106 cm³/mol. The largest absolute Gasteiger partial charge is 0.462 e. The fourth-order valence-corrected chi connectivity index (χ4v) is 3.57. The molecule has 0 saturated heterocycles. The van der Waals surface area contributed by atoms with E-state index in [2.05, 4.69) is 5.32 Å². The van der Waals surface area contributed by atoms with Crippen LogP contribution in [0.4, 0.5) is 13.8 Å². The normalized spacial score (nSPS) is 10.4. The lowest BCUT2D eigenvalue weighted by molar-refractivity contribution is -0.119. The molecule has 166 valence electrons. The molecule has 0 aliphatic heterocycles. The number of benzene rings is 1. The minimum atomic E-state index is -1.17. The van der Waals surface area contributed by atoms with Crippen molar-refractivity contribution >= 4 is 40.2 Å². The number of anilines is 1.